The lowest BCUT2D eigenvalue weighted by Crippen LogP contribution is -2.29. The standard InChI is InChI=1S/C22H20N2O3S/c1-23(28(26,27)20-8-3-2-4-9-20)19-13-11-18(12-14-19)22(25)24-16-15-17-7-5-6-10-21(17)24/h2-14H,15-16H2,1H3. The van der Waals surface area contributed by atoms with E-state index < -0.39 is 10.0 Å². The van der Waals surface area contributed by atoms with Gasteiger partial charge in [0.2, 0.25) is 0 Å². The van der Waals surface area contributed by atoms with E-state index in [2.05, 4.69) is 0 Å². The number of amides is 1. The Kier molecular flexibility index (Phi) is 4.65. The Morgan fingerprint density at radius 1 is 0.893 bits per heavy atom. The van der Waals surface area contributed by atoms with Crippen molar-refractivity contribution in [3.63, 3.8) is 0 Å². The van der Waals surface area contributed by atoms with Crippen LogP contribution in [0.25, 0.3) is 0 Å². The zero-order valence-corrected chi connectivity index (χ0v) is 16.3. The predicted octanol–water partition coefficient (Wildman–Crippen LogP) is 3.71. The van der Waals surface area contributed by atoms with Crippen LogP contribution in [-0.2, 0) is 16.4 Å². The van der Waals surface area contributed by atoms with Crippen LogP contribution in [-0.4, -0.2) is 27.9 Å². The van der Waals surface area contributed by atoms with Crippen molar-refractivity contribution in [3.05, 3.63) is 90.0 Å². The second-order valence-electron chi connectivity index (χ2n) is 6.67. The van der Waals surface area contributed by atoms with Gasteiger partial charge in [0.05, 0.1) is 10.6 Å². The molecule has 1 aliphatic heterocycles. The Hall–Kier alpha value is -3.12. The van der Waals surface area contributed by atoms with E-state index in [4.69, 9.17) is 0 Å². The number of benzene rings is 3. The fraction of sp³-hybridized carbons (Fsp3) is 0.136. The third kappa shape index (κ3) is 3.16. The van der Waals surface area contributed by atoms with Crippen molar-refractivity contribution in [3.8, 4) is 0 Å². The molecule has 0 aromatic heterocycles. The maximum Gasteiger partial charge on any atom is 0.264 e. The number of nitrogens with zero attached hydrogens (tertiary/aromatic N) is 2. The topological polar surface area (TPSA) is 57.7 Å². The van der Waals surface area contributed by atoms with Crippen molar-refractivity contribution in [2.24, 2.45) is 0 Å². The highest BCUT2D eigenvalue weighted by Crippen LogP contribution is 2.29. The number of fused-ring (bicyclic) bond motifs is 1. The van der Waals surface area contributed by atoms with Crippen LogP contribution in [0.15, 0.2) is 83.8 Å². The molecule has 28 heavy (non-hydrogen) atoms. The van der Waals surface area contributed by atoms with Crippen LogP contribution in [0.2, 0.25) is 0 Å². The molecule has 142 valence electrons. The summed E-state index contributed by atoms with van der Waals surface area (Å²) in [6, 6.07) is 22.9. The molecule has 4 rings (SSSR count). The van der Waals surface area contributed by atoms with Gasteiger partial charge in [-0.2, -0.15) is 0 Å². The molecule has 5 nitrogen and oxygen atoms in total. The first kappa shape index (κ1) is 18.3. The van der Waals surface area contributed by atoms with Gasteiger partial charge in [-0.3, -0.25) is 9.10 Å². The van der Waals surface area contributed by atoms with Crippen LogP contribution >= 0.6 is 0 Å². The van der Waals surface area contributed by atoms with Gasteiger partial charge in [0, 0.05) is 24.8 Å². The molecule has 6 heteroatoms. The molecule has 0 unspecified atom stereocenters. The molecule has 0 aliphatic carbocycles. The second-order valence-corrected chi connectivity index (χ2v) is 8.64. The van der Waals surface area contributed by atoms with E-state index in [1.807, 2.05) is 24.3 Å². The maximum absolute atomic E-state index is 12.9. The number of carbonyl (C=O) groups is 1. The molecule has 0 atom stereocenters. The Labute approximate surface area is 164 Å². The molecule has 0 saturated heterocycles. The van der Waals surface area contributed by atoms with Gasteiger partial charge in [-0.15, -0.1) is 0 Å². The summed E-state index contributed by atoms with van der Waals surface area (Å²) >= 11 is 0. The lowest BCUT2D eigenvalue weighted by molar-refractivity contribution is 0.0989. The molecule has 0 radical (unpaired) electrons. The van der Waals surface area contributed by atoms with Gasteiger partial charge in [0.15, 0.2) is 0 Å². The highest BCUT2D eigenvalue weighted by Gasteiger charge is 2.26. The molecule has 1 heterocycles. The molecule has 0 fully saturated rings. The third-order valence-electron chi connectivity index (χ3n) is 5.01. The number of hydrogen-bond acceptors (Lipinski definition) is 3. The third-order valence-corrected chi connectivity index (χ3v) is 6.81. The largest absolute Gasteiger partial charge is 0.308 e. The first-order valence-electron chi connectivity index (χ1n) is 9.02. The van der Waals surface area contributed by atoms with Crippen molar-refractivity contribution in [1.82, 2.24) is 0 Å². The van der Waals surface area contributed by atoms with E-state index in [0.29, 0.717) is 17.8 Å². The van der Waals surface area contributed by atoms with Gasteiger partial charge in [-0.1, -0.05) is 36.4 Å². The minimum atomic E-state index is -3.64. The van der Waals surface area contributed by atoms with E-state index in [1.54, 1.807) is 59.5 Å². The number of sulfonamides is 1. The molecule has 0 saturated carbocycles. The van der Waals surface area contributed by atoms with E-state index in [-0.39, 0.29) is 10.8 Å². The summed E-state index contributed by atoms with van der Waals surface area (Å²) < 4.78 is 26.7. The summed E-state index contributed by atoms with van der Waals surface area (Å²) in [5.74, 6) is -0.0786. The normalized spacial score (nSPS) is 13.2. The quantitative estimate of drug-likeness (QED) is 0.680. The van der Waals surface area contributed by atoms with Gasteiger partial charge in [0.1, 0.15) is 0 Å². The van der Waals surface area contributed by atoms with Gasteiger partial charge in [-0.05, 0) is 54.4 Å². The first-order valence-corrected chi connectivity index (χ1v) is 10.5. The fourth-order valence-electron chi connectivity index (χ4n) is 3.41. The summed E-state index contributed by atoms with van der Waals surface area (Å²) in [4.78, 5) is 14.9. The number of hydrogen-bond donors (Lipinski definition) is 0. The lowest BCUT2D eigenvalue weighted by atomic mass is 10.1. The number of anilines is 2. The SMILES string of the molecule is CN(c1ccc(C(=O)N2CCc3ccccc32)cc1)S(=O)(=O)c1ccccc1. The van der Waals surface area contributed by atoms with Crippen LogP contribution in [0.4, 0.5) is 11.4 Å². The lowest BCUT2D eigenvalue weighted by Gasteiger charge is -2.21. The van der Waals surface area contributed by atoms with Gasteiger partial charge in [0.25, 0.3) is 15.9 Å². The van der Waals surface area contributed by atoms with Crippen LogP contribution in [0, 0.1) is 0 Å². The highest BCUT2D eigenvalue weighted by atomic mass is 32.2. The average molecular weight is 392 g/mol. The van der Waals surface area contributed by atoms with Crippen molar-refractivity contribution >= 4 is 27.3 Å². The van der Waals surface area contributed by atoms with Crippen LogP contribution in [0.3, 0.4) is 0 Å². The predicted molar refractivity (Wildman–Crippen MR) is 110 cm³/mol. The molecule has 1 aliphatic rings. The van der Waals surface area contributed by atoms with E-state index >= 15 is 0 Å². The van der Waals surface area contributed by atoms with Gasteiger partial charge in [-0.25, -0.2) is 8.42 Å². The first-order chi connectivity index (χ1) is 13.5. The molecule has 3 aromatic rings. The average Bonchev–Trinajstić information content (AvgIpc) is 3.17. The number of para-hydroxylation sites is 1. The second kappa shape index (κ2) is 7.13. The van der Waals surface area contributed by atoms with E-state index in [0.717, 1.165) is 12.1 Å². The van der Waals surface area contributed by atoms with Gasteiger partial charge < -0.3 is 4.90 Å². The van der Waals surface area contributed by atoms with Crippen LogP contribution < -0.4 is 9.21 Å². The van der Waals surface area contributed by atoms with Crippen molar-refractivity contribution in [2.45, 2.75) is 11.3 Å². The summed E-state index contributed by atoms with van der Waals surface area (Å²) in [5.41, 5.74) is 3.15. The number of rotatable bonds is 4. The maximum atomic E-state index is 12.9. The Morgan fingerprint density at radius 3 is 2.25 bits per heavy atom. The summed E-state index contributed by atoms with van der Waals surface area (Å²) in [5, 5.41) is 0. The molecular formula is C22H20N2O3S. The molecule has 0 bridgehead atoms. The van der Waals surface area contributed by atoms with Crippen molar-refractivity contribution < 1.29 is 13.2 Å². The Balaban J connectivity index is 1.57. The van der Waals surface area contributed by atoms with Gasteiger partial charge >= 0.3 is 0 Å². The van der Waals surface area contributed by atoms with Crippen LogP contribution in [0.1, 0.15) is 15.9 Å². The highest BCUT2D eigenvalue weighted by molar-refractivity contribution is 7.92. The Bertz CT molecular complexity index is 1110. The monoisotopic (exact) mass is 392 g/mol. The molecule has 0 spiro atoms. The summed E-state index contributed by atoms with van der Waals surface area (Å²) in [6.45, 7) is 0.655. The smallest absolute Gasteiger partial charge is 0.264 e. The fourth-order valence-corrected chi connectivity index (χ4v) is 4.62. The zero-order chi connectivity index (χ0) is 19.7. The summed E-state index contributed by atoms with van der Waals surface area (Å²) in [6.07, 6.45) is 0.845. The zero-order valence-electron chi connectivity index (χ0n) is 15.4. The van der Waals surface area contributed by atoms with Crippen LogP contribution in [0.5, 0.6) is 0 Å². The Morgan fingerprint density at radius 2 is 1.54 bits per heavy atom. The minimum Gasteiger partial charge on any atom is -0.308 e. The number of carbonyl (C=O) groups excluding carboxylic acids is 1. The van der Waals surface area contributed by atoms with Crippen molar-refractivity contribution in [2.75, 3.05) is 22.8 Å². The molecule has 1 amide bonds. The molecule has 0 N–H and O–H groups in total. The van der Waals surface area contributed by atoms with E-state index in [9.17, 15) is 13.2 Å². The summed E-state index contributed by atoms with van der Waals surface area (Å²) in [7, 11) is -2.13. The molecule has 3 aromatic carbocycles. The van der Waals surface area contributed by atoms with Crippen molar-refractivity contribution in [1.29, 1.82) is 0 Å². The minimum absolute atomic E-state index is 0.0786. The van der Waals surface area contributed by atoms with E-state index in [1.165, 1.54) is 16.9 Å². The molecular weight excluding hydrogens is 372 g/mol.